The van der Waals surface area contributed by atoms with Gasteiger partial charge >= 0.3 is 0 Å². The second kappa shape index (κ2) is 9.01. The number of nitrogens with one attached hydrogen (secondary N) is 1. The van der Waals surface area contributed by atoms with Crippen LogP contribution in [0.3, 0.4) is 0 Å². The molecule has 0 unspecified atom stereocenters. The molecule has 3 rings (SSSR count). The maximum atomic E-state index is 12.4. The lowest BCUT2D eigenvalue weighted by molar-refractivity contribution is -0.117. The summed E-state index contributed by atoms with van der Waals surface area (Å²) in [5.41, 5.74) is 1.74. The van der Waals surface area contributed by atoms with Crippen LogP contribution in [0.15, 0.2) is 30.3 Å². The minimum absolute atomic E-state index is 0.0123. The van der Waals surface area contributed by atoms with Gasteiger partial charge < -0.3 is 15.0 Å². The first-order chi connectivity index (χ1) is 13.4. The normalized spacial score (nSPS) is 15.0. The number of methoxy groups -OCH3 is 1. The number of amides is 1. The third-order valence-electron chi connectivity index (χ3n) is 4.79. The molecule has 0 radical (unpaired) electrons. The summed E-state index contributed by atoms with van der Waals surface area (Å²) in [6.45, 7) is 9.95. The largest absolute Gasteiger partial charge is 0.497 e. The molecule has 0 atom stereocenters. The molecule has 1 aromatic carbocycles. The first-order valence-corrected chi connectivity index (χ1v) is 9.71. The Labute approximate surface area is 166 Å². The van der Waals surface area contributed by atoms with E-state index in [1.807, 2.05) is 37.3 Å². The number of piperazine rings is 1. The molecule has 150 valence electrons. The molecular formula is C21H29N5O2. The molecule has 1 N–H and O–H groups in total. The number of rotatable bonds is 6. The molecular weight excluding hydrogens is 354 g/mol. The number of carbonyl (C=O) groups excluding carboxylic acids is 1. The number of nitrogens with zero attached hydrogens (tertiary/aromatic N) is 4. The number of anilines is 2. The molecule has 1 aromatic heterocycles. The van der Waals surface area contributed by atoms with Gasteiger partial charge in [-0.3, -0.25) is 9.69 Å². The van der Waals surface area contributed by atoms with Gasteiger partial charge in [-0.2, -0.15) is 0 Å². The topological polar surface area (TPSA) is 70.6 Å². The maximum Gasteiger partial charge on any atom is 0.238 e. The molecule has 1 saturated heterocycles. The highest BCUT2D eigenvalue weighted by Crippen LogP contribution is 2.19. The van der Waals surface area contributed by atoms with Crippen LogP contribution >= 0.6 is 0 Å². The summed E-state index contributed by atoms with van der Waals surface area (Å²) >= 11 is 0. The number of aromatic nitrogens is 2. The summed E-state index contributed by atoms with van der Waals surface area (Å²) in [6, 6.07) is 9.44. The van der Waals surface area contributed by atoms with Gasteiger partial charge in [0.25, 0.3) is 0 Å². The molecule has 1 fully saturated rings. The van der Waals surface area contributed by atoms with Gasteiger partial charge in [0.1, 0.15) is 17.4 Å². The highest BCUT2D eigenvalue weighted by Gasteiger charge is 2.21. The van der Waals surface area contributed by atoms with Crippen LogP contribution in [0.2, 0.25) is 0 Å². The zero-order chi connectivity index (χ0) is 20.1. The fraction of sp³-hybridized carbons (Fsp3) is 0.476. The lowest BCUT2D eigenvalue weighted by Gasteiger charge is -2.35. The van der Waals surface area contributed by atoms with Crippen molar-refractivity contribution in [3.63, 3.8) is 0 Å². The van der Waals surface area contributed by atoms with Gasteiger partial charge in [-0.25, -0.2) is 9.97 Å². The van der Waals surface area contributed by atoms with E-state index < -0.39 is 0 Å². The molecule has 0 aliphatic carbocycles. The van der Waals surface area contributed by atoms with Crippen molar-refractivity contribution >= 4 is 17.4 Å². The zero-order valence-corrected chi connectivity index (χ0v) is 17.1. The number of hydrogen-bond donors (Lipinski definition) is 1. The lowest BCUT2D eigenvalue weighted by Crippen LogP contribution is -2.49. The monoisotopic (exact) mass is 383 g/mol. The first-order valence-electron chi connectivity index (χ1n) is 9.71. The molecule has 2 aromatic rings. The van der Waals surface area contributed by atoms with E-state index in [9.17, 15) is 4.79 Å². The van der Waals surface area contributed by atoms with Crippen LogP contribution in [-0.4, -0.2) is 60.6 Å². The van der Waals surface area contributed by atoms with Crippen molar-refractivity contribution in [2.75, 3.05) is 50.1 Å². The number of benzene rings is 1. The maximum absolute atomic E-state index is 12.4. The standard InChI is InChI=1S/C21H29N5O2/c1-15(2)21-22-16(3)12-19(24-21)26-10-8-25(9-11-26)14-20(27)23-17-6-5-7-18(13-17)28-4/h5-7,12-13,15H,8-11,14H2,1-4H3,(H,23,27). The molecule has 0 saturated carbocycles. The zero-order valence-electron chi connectivity index (χ0n) is 17.1. The van der Waals surface area contributed by atoms with E-state index >= 15 is 0 Å². The summed E-state index contributed by atoms with van der Waals surface area (Å²) in [7, 11) is 1.61. The Morgan fingerprint density at radius 1 is 1.18 bits per heavy atom. The summed E-state index contributed by atoms with van der Waals surface area (Å²) in [4.78, 5) is 26.1. The Hall–Kier alpha value is -2.67. The lowest BCUT2D eigenvalue weighted by atomic mass is 10.2. The van der Waals surface area contributed by atoms with Crippen molar-refractivity contribution in [2.24, 2.45) is 0 Å². The fourth-order valence-corrected chi connectivity index (χ4v) is 3.23. The molecule has 7 heteroatoms. The molecule has 0 bridgehead atoms. The van der Waals surface area contributed by atoms with Crippen LogP contribution in [0.25, 0.3) is 0 Å². The van der Waals surface area contributed by atoms with Crippen molar-refractivity contribution in [3.05, 3.63) is 41.9 Å². The van der Waals surface area contributed by atoms with E-state index in [1.165, 1.54) is 0 Å². The van der Waals surface area contributed by atoms with Crippen molar-refractivity contribution in [1.82, 2.24) is 14.9 Å². The average molecular weight is 383 g/mol. The molecule has 28 heavy (non-hydrogen) atoms. The number of hydrogen-bond acceptors (Lipinski definition) is 6. The van der Waals surface area contributed by atoms with Gasteiger partial charge in [0.2, 0.25) is 5.91 Å². The Morgan fingerprint density at radius 3 is 2.61 bits per heavy atom. The highest BCUT2D eigenvalue weighted by atomic mass is 16.5. The van der Waals surface area contributed by atoms with Gasteiger partial charge in [0.05, 0.1) is 13.7 Å². The SMILES string of the molecule is COc1cccc(NC(=O)CN2CCN(c3cc(C)nc(C(C)C)n3)CC2)c1. The molecule has 1 aliphatic rings. The quantitative estimate of drug-likeness (QED) is 0.827. The van der Waals surface area contributed by atoms with E-state index in [4.69, 9.17) is 9.72 Å². The first kappa shape index (κ1) is 20.1. The van der Waals surface area contributed by atoms with Gasteiger partial charge in [-0.05, 0) is 19.1 Å². The Morgan fingerprint density at radius 2 is 1.93 bits per heavy atom. The van der Waals surface area contributed by atoms with E-state index in [0.29, 0.717) is 12.5 Å². The van der Waals surface area contributed by atoms with Gasteiger partial charge in [-0.15, -0.1) is 0 Å². The predicted molar refractivity (Wildman–Crippen MR) is 111 cm³/mol. The molecule has 2 heterocycles. The van der Waals surface area contributed by atoms with Gasteiger partial charge in [0.15, 0.2) is 0 Å². The van der Waals surface area contributed by atoms with E-state index in [2.05, 4.69) is 33.9 Å². The smallest absolute Gasteiger partial charge is 0.238 e. The van der Waals surface area contributed by atoms with Crippen molar-refractivity contribution in [3.8, 4) is 5.75 Å². The molecule has 1 aliphatic heterocycles. The second-order valence-electron chi connectivity index (χ2n) is 7.42. The Balaban J connectivity index is 1.53. The third-order valence-corrected chi connectivity index (χ3v) is 4.79. The summed E-state index contributed by atoms with van der Waals surface area (Å²) < 4.78 is 5.19. The second-order valence-corrected chi connectivity index (χ2v) is 7.42. The van der Waals surface area contributed by atoms with E-state index in [1.54, 1.807) is 7.11 Å². The molecule has 0 spiro atoms. The van der Waals surface area contributed by atoms with Gasteiger partial charge in [-0.1, -0.05) is 19.9 Å². The van der Waals surface area contributed by atoms with Crippen LogP contribution < -0.4 is 15.0 Å². The van der Waals surface area contributed by atoms with Crippen LogP contribution in [-0.2, 0) is 4.79 Å². The van der Waals surface area contributed by atoms with Crippen LogP contribution in [0.1, 0.15) is 31.3 Å². The number of carbonyl (C=O) groups is 1. The highest BCUT2D eigenvalue weighted by molar-refractivity contribution is 5.92. The molecule has 7 nitrogen and oxygen atoms in total. The van der Waals surface area contributed by atoms with Crippen molar-refractivity contribution in [1.29, 1.82) is 0 Å². The Bertz CT molecular complexity index is 816. The van der Waals surface area contributed by atoms with Crippen molar-refractivity contribution in [2.45, 2.75) is 26.7 Å². The minimum Gasteiger partial charge on any atom is -0.497 e. The summed E-state index contributed by atoms with van der Waals surface area (Å²) in [5.74, 6) is 2.89. The van der Waals surface area contributed by atoms with E-state index in [0.717, 1.165) is 55.0 Å². The number of ether oxygens (including phenoxy) is 1. The Kier molecular flexibility index (Phi) is 6.46. The van der Waals surface area contributed by atoms with Gasteiger partial charge in [0, 0.05) is 55.6 Å². The van der Waals surface area contributed by atoms with E-state index in [-0.39, 0.29) is 5.91 Å². The fourth-order valence-electron chi connectivity index (χ4n) is 3.23. The predicted octanol–water partition coefficient (Wildman–Crippen LogP) is 2.68. The third kappa shape index (κ3) is 5.19. The van der Waals surface area contributed by atoms with Crippen molar-refractivity contribution < 1.29 is 9.53 Å². The summed E-state index contributed by atoms with van der Waals surface area (Å²) in [5, 5.41) is 2.94. The van der Waals surface area contributed by atoms with Crippen LogP contribution in [0.4, 0.5) is 11.5 Å². The minimum atomic E-state index is -0.0123. The molecule has 1 amide bonds. The number of aryl methyl sites for hydroxylation is 1. The average Bonchev–Trinajstić information content (AvgIpc) is 2.68. The van der Waals surface area contributed by atoms with Crippen LogP contribution in [0, 0.1) is 6.92 Å². The van der Waals surface area contributed by atoms with Crippen LogP contribution in [0.5, 0.6) is 5.75 Å². The summed E-state index contributed by atoms with van der Waals surface area (Å²) in [6.07, 6.45) is 0.